The van der Waals surface area contributed by atoms with E-state index in [9.17, 15) is 9.18 Å². The van der Waals surface area contributed by atoms with E-state index >= 15 is 0 Å². The molecule has 0 radical (unpaired) electrons. The summed E-state index contributed by atoms with van der Waals surface area (Å²) in [6, 6.07) is 13.7. The zero-order valence-electron chi connectivity index (χ0n) is 13.9. The molecule has 2 aromatic carbocycles. The third-order valence-corrected chi connectivity index (χ3v) is 5.54. The number of thioether (sulfide) groups is 1. The van der Waals surface area contributed by atoms with Crippen LogP contribution < -0.4 is 10.1 Å². The van der Waals surface area contributed by atoms with Crippen molar-refractivity contribution in [3.63, 3.8) is 0 Å². The summed E-state index contributed by atoms with van der Waals surface area (Å²) in [5.41, 5.74) is 0.818. The van der Waals surface area contributed by atoms with Gasteiger partial charge in [-0.25, -0.2) is 4.39 Å². The maximum absolute atomic E-state index is 12.9. The van der Waals surface area contributed by atoms with Crippen molar-refractivity contribution in [2.45, 2.75) is 17.2 Å². The lowest BCUT2D eigenvalue weighted by Crippen LogP contribution is -2.22. The van der Waals surface area contributed by atoms with Crippen molar-refractivity contribution >= 4 is 29.0 Å². The molecule has 26 heavy (non-hydrogen) atoms. The number of carbonyl (C=O) groups excluding carboxylic acids is 1. The van der Waals surface area contributed by atoms with Crippen LogP contribution in [0.5, 0.6) is 5.75 Å². The number of aromatic nitrogens is 2. The molecule has 5 nitrogen and oxygen atoms in total. The fraction of sp³-hybridized carbons (Fsp3) is 0.167. The Hall–Kier alpha value is -2.45. The predicted octanol–water partition coefficient (Wildman–Crippen LogP) is 3.91. The maximum atomic E-state index is 12.9. The number of rotatable bonds is 7. The number of nitrogens with one attached hydrogen (secondary N) is 1. The number of methoxy groups -OCH3 is 1. The molecule has 1 amide bonds. The molecule has 8 heteroatoms. The third kappa shape index (κ3) is 5.03. The second-order valence-corrected chi connectivity index (χ2v) is 7.39. The zero-order valence-corrected chi connectivity index (χ0v) is 15.6. The zero-order chi connectivity index (χ0) is 18.4. The largest absolute Gasteiger partial charge is 0.497 e. The van der Waals surface area contributed by atoms with E-state index in [1.54, 1.807) is 31.0 Å². The monoisotopic (exact) mass is 389 g/mol. The average Bonchev–Trinajstić information content (AvgIpc) is 3.15. The molecule has 1 heterocycles. The minimum atomic E-state index is -0.303. The van der Waals surface area contributed by atoms with Crippen molar-refractivity contribution in [3.05, 3.63) is 69.9 Å². The highest BCUT2D eigenvalue weighted by Gasteiger charge is 2.13. The molecule has 3 rings (SSSR count). The van der Waals surface area contributed by atoms with E-state index in [0.717, 1.165) is 21.2 Å². The lowest BCUT2D eigenvalue weighted by atomic mass is 10.2. The molecule has 0 saturated carbocycles. The molecule has 0 aliphatic carbocycles. The first-order valence-corrected chi connectivity index (χ1v) is 9.56. The molecule has 3 aromatic rings. The minimum absolute atomic E-state index is 0.288. The van der Waals surface area contributed by atoms with E-state index in [0.29, 0.717) is 17.3 Å². The van der Waals surface area contributed by atoms with E-state index in [1.807, 2.05) is 24.3 Å². The molecule has 0 aliphatic heterocycles. The molecule has 0 fully saturated rings. The molecule has 134 valence electrons. The van der Waals surface area contributed by atoms with Crippen LogP contribution in [0.2, 0.25) is 0 Å². The average molecular weight is 389 g/mol. The van der Waals surface area contributed by atoms with Crippen LogP contribution in [-0.4, -0.2) is 23.2 Å². The Balaban J connectivity index is 1.53. The van der Waals surface area contributed by atoms with Crippen molar-refractivity contribution in [1.82, 2.24) is 15.5 Å². The fourth-order valence-electron chi connectivity index (χ4n) is 2.10. The Bertz CT molecular complexity index is 884. The molecule has 0 unspecified atom stereocenters. The van der Waals surface area contributed by atoms with E-state index < -0.39 is 0 Å². The Morgan fingerprint density at radius 3 is 2.81 bits per heavy atom. The van der Waals surface area contributed by atoms with Gasteiger partial charge in [0, 0.05) is 11.4 Å². The van der Waals surface area contributed by atoms with Crippen LogP contribution in [0, 0.1) is 5.82 Å². The van der Waals surface area contributed by atoms with Gasteiger partial charge < -0.3 is 10.1 Å². The van der Waals surface area contributed by atoms with Gasteiger partial charge in [0.25, 0.3) is 5.91 Å². The number of nitrogens with zero attached hydrogens (tertiary/aromatic N) is 2. The number of benzene rings is 2. The number of hydrogen-bond donors (Lipinski definition) is 1. The van der Waals surface area contributed by atoms with Gasteiger partial charge in [0.2, 0.25) is 5.01 Å². The number of carbonyl (C=O) groups is 1. The van der Waals surface area contributed by atoms with Crippen molar-refractivity contribution in [2.24, 2.45) is 0 Å². The summed E-state index contributed by atoms with van der Waals surface area (Å²) in [6.07, 6.45) is 0. The number of halogens is 1. The van der Waals surface area contributed by atoms with Crippen LogP contribution in [-0.2, 0) is 12.3 Å². The summed E-state index contributed by atoms with van der Waals surface area (Å²) in [5, 5.41) is 11.9. The summed E-state index contributed by atoms with van der Waals surface area (Å²) >= 11 is 2.86. The Morgan fingerprint density at radius 2 is 2.04 bits per heavy atom. The molecule has 1 N–H and O–H groups in total. The smallest absolute Gasteiger partial charge is 0.282 e. The van der Waals surface area contributed by atoms with Crippen molar-refractivity contribution in [2.75, 3.05) is 7.11 Å². The van der Waals surface area contributed by atoms with E-state index in [-0.39, 0.29) is 11.7 Å². The summed E-state index contributed by atoms with van der Waals surface area (Å²) in [7, 11) is 1.63. The number of ether oxygens (including phenoxy) is 1. The molecule has 1 aromatic heterocycles. The van der Waals surface area contributed by atoms with Crippen LogP contribution in [0.3, 0.4) is 0 Å². The van der Waals surface area contributed by atoms with Crippen molar-refractivity contribution in [1.29, 1.82) is 0 Å². The van der Waals surface area contributed by atoms with Crippen LogP contribution in [0.15, 0.2) is 53.4 Å². The maximum Gasteiger partial charge on any atom is 0.282 e. The van der Waals surface area contributed by atoms with E-state index in [2.05, 4.69) is 15.5 Å². The summed E-state index contributed by atoms with van der Waals surface area (Å²) in [6.45, 7) is 0.312. The predicted molar refractivity (Wildman–Crippen MR) is 100 cm³/mol. The number of amides is 1. The Labute approximate surface area is 158 Å². The summed E-state index contributed by atoms with van der Waals surface area (Å²) < 4.78 is 18.1. The normalized spacial score (nSPS) is 10.5. The highest BCUT2D eigenvalue weighted by Crippen LogP contribution is 2.27. The van der Waals surface area contributed by atoms with Gasteiger partial charge in [-0.3, -0.25) is 4.79 Å². The van der Waals surface area contributed by atoms with Crippen molar-refractivity contribution < 1.29 is 13.9 Å². The topological polar surface area (TPSA) is 64.1 Å². The quantitative estimate of drug-likeness (QED) is 0.621. The molecular formula is C18H16FN3O2S2. The molecule has 0 saturated heterocycles. The molecule has 0 bridgehead atoms. The van der Waals surface area contributed by atoms with Gasteiger partial charge in [-0.1, -0.05) is 29.5 Å². The second kappa shape index (κ2) is 8.77. The summed E-state index contributed by atoms with van der Waals surface area (Å²) in [4.78, 5) is 13.2. The van der Waals surface area contributed by atoms with Crippen molar-refractivity contribution in [3.8, 4) is 5.75 Å². The van der Waals surface area contributed by atoms with E-state index in [1.165, 1.54) is 23.5 Å². The van der Waals surface area contributed by atoms with Gasteiger partial charge in [0.05, 0.1) is 12.9 Å². The first-order valence-electron chi connectivity index (χ1n) is 7.76. The van der Waals surface area contributed by atoms with E-state index in [4.69, 9.17) is 4.74 Å². The Morgan fingerprint density at radius 1 is 1.23 bits per heavy atom. The highest BCUT2D eigenvalue weighted by atomic mass is 32.2. The molecule has 0 atom stereocenters. The summed E-state index contributed by atoms with van der Waals surface area (Å²) in [5.74, 6) is 0.829. The fourth-order valence-corrected chi connectivity index (χ4v) is 3.79. The van der Waals surface area contributed by atoms with Crippen LogP contribution >= 0.6 is 23.1 Å². The first kappa shape index (κ1) is 18.3. The van der Waals surface area contributed by atoms with Gasteiger partial charge >= 0.3 is 0 Å². The first-order chi connectivity index (χ1) is 12.6. The molecule has 0 aliphatic rings. The third-order valence-electron chi connectivity index (χ3n) is 3.43. The standard InChI is InChI=1S/C18H16FN3O2S2/c1-24-14-3-2-4-15(9-14)25-11-16-21-22-18(26-16)17(23)20-10-12-5-7-13(19)8-6-12/h2-9H,10-11H2,1H3,(H,20,23). The van der Waals surface area contributed by atoms with Gasteiger partial charge in [-0.2, -0.15) is 0 Å². The second-order valence-electron chi connectivity index (χ2n) is 5.28. The van der Waals surface area contributed by atoms with Gasteiger partial charge in [-0.05, 0) is 35.9 Å². The molecule has 0 spiro atoms. The van der Waals surface area contributed by atoms with Gasteiger partial charge in [0.15, 0.2) is 0 Å². The Kier molecular flexibility index (Phi) is 6.19. The lowest BCUT2D eigenvalue weighted by molar-refractivity contribution is 0.0950. The van der Waals surface area contributed by atoms with Gasteiger partial charge in [0.1, 0.15) is 16.6 Å². The van der Waals surface area contributed by atoms with Crippen LogP contribution in [0.25, 0.3) is 0 Å². The van der Waals surface area contributed by atoms with Crippen LogP contribution in [0.1, 0.15) is 20.4 Å². The minimum Gasteiger partial charge on any atom is -0.497 e. The number of hydrogen-bond acceptors (Lipinski definition) is 6. The van der Waals surface area contributed by atoms with Crippen LogP contribution in [0.4, 0.5) is 4.39 Å². The lowest BCUT2D eigenvalue weighted by Gasteiger charge is -2.03. The SMILES string of the molecule is COc1cccc(SCc2nnc(C(=O)NCc3ccc(F)cc3)s2)c1. The molecular weight excluding hydrogens is 373 g/mol. The van der Waals surface area contributed by atoms with Gasteiger partial charge in [-0.15, -0.1) is 22.0 Å². The highest BCUT2D eigenvalue weighted by molar-refractivity contribution is 7.98.